The van der Waals surface area contributed by atoms with Crippen LogP contribution >= 0.6 is 0 Å². The van der Waals surface area contributed by atoms with E-state index >= 15 is 0 Å². The van der Waals surface area contributed by atoms with Gasteiger partial charge in [0.2, 0.25) is 0 Å². The van der Waals surface area contributed by atoms with Crippen molar-refractivity contribution < 1.29 is 9.84 Å². The van der Waals surface area contributed by atoms with Crippen LogP contribution in [0.4, 0.5) is 0 Å². The predicted octanol–water partition coefficient (Wildman–Crippen LogP) is 0.775. The summed E-state index contributed by atoms with van der Waals surface area (Å²) in [6.07, 6.45) is 3.03. The van der Waals surface area contributed by atoms with Crippen molar-refractivity contribution in [1.29, 1.82) is 0 Å². The van der Waals surface area contributed by atoms with Gasteiger partial charge in [-0.3, -0.25) is 0 Å². The highest BCUT2D eigenvalue weighted by Crippen LogP contribution is 1.83. The number of nitrogens with one attached hydrogen (secondary N) is 1. The van der Waals surface area contributed by atoms with E-state index in [0.29, 0.717) is 6.61 Å². The van der Waals surface area contributed by atoms with E-state index in [1.807, 2.05) is 0 Å². The summed E-state index contributed by atoms with van der Waals surface area (Å²) < 4.78 is 5.28. The van der Waals surface area contributed by atoms with Crippen LogP contribution in [0.1, 0.15) is 26.2 Å². The maximum atomic E-state index is 8.49. The van der Waals surface area contributed by atoms with Crippen LogP contribution in [0.3, 0.4) is 0 Å². The van der Waals surface area contributed by atoms with Gasteiger partial charge in [0, 0.05) is 19.8 Å². The maximum Gasteiger partial charge on any atom is 0.0590 e. The Morgan fingerprint density at radius 3 is 2.67 bits per heavy atom. The van der Waals surface area contributed by atoms with Crippen LogP contribution in [0.15, 0.2) is 0 Å². The Kier molecular flexibility index (Phi) is 10.8. The van der Waals surface area contributed by atoms with Crippen LogP contribution < -0.4 is 5.32 Å². The van der Waals surface area contributed by atoms with Gasteiger partial charge in [-0.15, -0.1) is 0 Å². The van der Waals surface area contributed by atoms with Crippen molar-refractivity contribution in [3.8, 4) is 0 Å². The lowest BCUT2D eigenvalue weighted by Gasteiger charge is -2.04. The van der Waals surface area contributed by atoms with E-state index in [4.69, 9.17) is 9.84 Å². The molecule has 0 rings (SSSR count). The number of rotatable bonds is 9. The van der Waals surface area contributed by atoms with Crippen molar-refractivity contribution in [2.75, 3.05) is 32.9 Å². The highest BCUT2D eigenvalue weighted by Gasteiger charge is 1.88. The van der Waals surface area contributed by atoms with Crippen LogP contribution in [0.25, 0.3) is 0 Å². The normalized spacial score (nSPS) is 10.5. The van der Waals surface area contributed by atoms with E-state index in [9.17, 15) is 0 Å². The van der Waals surface area contributed by atoms with E-state index in [1.54, 1.807) is 0 Å². The zero-order chi connectivity index (χ0) is 9.07. The van der Waals surface area contributed by atoms with Crippen molar-refractivity contribution in [2.45, 2.75) is 26.2 Å². The molecule has 2 N–H and O–H groups in total. The van der Waals surface area contributed by atoms with Crippen molar-refractivity contribution >= 4 is 0 Å². The monoisotopic (exact) mass is 175 g/mol. The number of aliphatic hydroxyl groups excluding tert-OH is 1. The van der Waals surface area contributed by atoms with E-state index < -0.39 is 0 Å². The van der Waals surface area contributed by atoms with Gasteiger partial charge < -0.3 is 15.2 Å². The van der Waals surface area contributed by atoms with Gasteiger partial charge in [0.1, 0.15) is 0 Å². The van der Waals surface area contributed by atoms with Gasteiger partial charge in [0.15, 0.2) is 0 Å². The van der Waals surface area contributed by atoms with Crippen LogP contribution in [-0.4, -0.2) is 38.0 Å². The molecule has 74 valence electrons. The summed E-state index contributed by atoms with van der Waals surface area (Å²) >= 11 is 0. The first-order valence-corrected chi connectivity index (χ1v) is 4.81. The number of hydrogen-bond acceptors (Lipinski definition) is 3. The molecule has 0 saturated carbocycles. The molecule has 0 aromatic carbocycles. The summed E-state index contributed by atoms with van der Waals surface area (Å²) in [5.74, 6) is 0. The lowest BCUT2D eigenvalue weighted by atomic mass is 10.3. The maximum absolute atomic E-state index is 8.49. The summed E-state index contributed by atoms with van der Waals surface area (Å²) in [7, 11) is 0. The summed E-state index contributed by atoms with van der Waals surface area (Å²) in [4.78, 5) is 0. The molecule has 0 aromatic heterocycles. The Morgan fingerprint density at radius 2 is 2.00 bits per heavy atom. The van der Waals surface area contributed by atoms with E-state index in [0.717, 1.165) is 45.6 Å². The molecule has 0 saturated heterocycles. The molecule has 0 aliphatic rings. The number of aliphatic hydroxyl groups is 1. The largest absolute Gasteiger partial charge is 0.396 e. The molecule has 0 fully saturated rings. The molecular formula is C9H21NO2. The van der Waals surface area contributed by atoms with Crippen LogP contribution in [0.5, 0.6) is 0 Å². The second-order valence-electron chi connectivity index (χ2n) is 2.79. The summed E-state index contributed by atoms with van der Waals surface area (Å²) in [5.41, 5.74) is 0. The molecule has 0 heterocycles. The average Bonchev–Trinajstić information content (AvgIpc) is 2.10. The highest BCUT2D eigenvalue weighted by atomic mass is 16.5. The molecule has 0 aliphatic heterocycles. The van der Waals surface area contributed by atoms with Gasteiger partial charge >= 0.3 is 0 Å². The Hall–Kier alpha value is -0.120. The fraction of sp³-hybridized carbons (Fsp3) is 1.00. The van der Waals surface area contributed by atoms with Gasteiger partial charge in [-0.05, 0) is 25.8 Å². The topological polar surface area (TPSA) is 41.5 Å². The van der Waals surface area contributed by atoms with Crippen LogP contribution in [0.2, 0.25) is 0 Å². The molecule has 3 heteroatoms. The lowest BCUT2D eigenvalue weighted by Crippen LogP contribution is -2.21. The molecule has 0 unspecified atom stereocenters. The molecule has 0 aliphatic carbocycles. The quantitative estimate of drug-likeness (QED) is 0.509. The molecule has 0 bridgehead atoms. The third-order valence-corrected chi connectivity index (χ3v) is 1.53. The molecule has 0 atom stereocenters. The zero-order valence-electron chi connectivity index (χ0n) is 8.01. The summed E-state index contributed by atoms with van der Waals surface area (Å²) in [6, 6.07) is 0. The standard InChI is InChI=1S/C9H21NO2/c1-2-8-12-9-6-10-5-3-4-7-11/h10-11H,2-9H2,1H3. The summed E-state index contributed by atoms with van der Waals surface area (Å²) in [5, 5.41) is 11.7. The first kappa shape index (κ1) is 11.9. The van der Waals surface area contributed by atoms with Crippen molar-refractivity contribution in [3.05, 3.63) is 0 Å². The van der Waals surface area contributed by atoms with Gasteiger partial charge in [-0.1, -0.05) is 6.92 Å². The van der Waals surface area contributed by atoms with Crippen LogP contribution in [-0.2, 0) is 4.74 Å². The van der Waals surface area contributed by atoms with Crippen molar-refractivity contribution in [1.82, 2.24) is 5.32 Å². The first-order valence-electron chi connectivity index (χ1n) is 4.81. The fourth-order valence-electron chi connectivity index (χ4n) is 0.878. The smallest absolute Gasteiger partial charge is 0.0590 e. The Labute approximate surface area is 75.1 Å². The Balaban J connectivity index is 2.73. The minimum absolute atomic E-state index is 0.300. The molecule has 0 amide bonds. The van der Waals surface area contributed by atoms with Gasteiger partial charge in [-0.2, -0.15) is 0 Å². The van der Waals surface area contributed by atoms with Crippen molar-refractivity contribution in [2.24, 2.45) is 0 Å². The first-order chi connectivity index (χ1) is 5.91. The molecular weight excluding hydrogens is 154 g/mol. The average molecular weight is 175 g/mol. The third kappa shape index (κ3) is 9.88. The molecule has 0 radical (unpaired) electrons. The van der Waals surface area contributed by atoms with Gasteiger partial charge in [0.25, 0.3) is 0 Å². The van der Waals surface area contributed by atoms with E-state index in [1.165, 1.54) is 0 Å². The molecule has 0 spiro atoms. The molecule has 3 nitrogen and oxygen atoms in total. The number of hydrogen-bond donors (Lipinski definition) is 2. The highest BCUT2D eigenvalue weighted by molar-refractivity contribution is 4.46. The Bertz CT molecular complexity index is 68.9. The van der Waals surface area contributed by atoms with E-state index in [2.05, 4.69) is 12.2 Å². The zero-order valence-corrected chi connectivity index (χ0v) is 8.01. The van der Waals surface area contributed by atoms with E-state index in [-0.39, 0.29) is 0 Å². The SMILES string of the molecule is CCCOCCNCCCCO. The minimum Gasteiger partial charge on any atom is -0.396 e. The fourth-order valence-corrected chi connectivity index (χ4v) is 0.878. The second-order valence-corrected chi connectivity index (χ2v) is 2.79. The minimum atomic E-state index is 0.300. The number of unbranched alkanes of at least 4 members (excludes halogenated alkanes) is 1. The third-order valence-electron chi connectivity index (χ3n) is 1.53. The van der Waals surface area contributed by atoms with Crippen molar-refractivity contribution in [3.63, 3.8) is 0 Å². The van der Waals surface area contributed by atoms with Gasteiger partial charge in [0.05, 0.1) is 6.61 Å². The number of ether oxygens (including phenoxy) is 1. The molecule has 12 heavy (non-hydrogen) atoms. The predicted molar refractivity (Wildman–Crippen MR) is 50.3 cm³/mol. The second kappa shape index (κ2) is 10.9. The summed E-state index contributed by atoms with van der Waals surface area (Å²) in [6.45, 7) is 5.97. The lowest BCUT2D eigenvalue weighted by molar-refractivity contribution is 0.136. The Morgan fingerprint density at radius 1 is 1.17 bits per heavy atom. The van der Waals surface area contributed by atoms with Gasteiger partial charge in [-0.25, -0.2) is 0 Å². The molecule has 0 aromatic rings. The van der Waals surface area contributed by atoms with Crippen LogP contribution in [0, 0.1) is 0 Å².